The van der Waals surface area contributed by atoms with E-state index in [1.165, 1.54) is 12.1 Å². The molecule has 3 rings (SSSR count). The zero-order valence-electron chi connectivity index (χ0n) is 9.93. The molecule has 0 unspecified atom stereocenters. The Morgan fingerprint density at radius 2 is 2.06 bits per heavy atom. The minimum atomic E-state index is -0.248. The third-order valence-corrected chi connectivity index (χ3v) is 2.85. The van der Waals surface area contributed by atoms with E-state index in [1.807, 2.05) is 23.8 Å². The molecule has 0 aliphatic heterocycles. The van der Waals surface area contributed by atoms with Crippen LogP contribution in [0, 0.1) is 5.82 Å². The number of nitrogens with zero attached hydrogens (tertiary/aromatic N) is 3. The van der Waals surface area contributed by atoms with Crippen molar-refractivity contribution in [2.45, 2.75) is 19.9 Å². The maximum Gasteiger partial charge on any atom is 0.236 e. The van der Waals surface area contributed by atoms with Gasteiger partial charge in [-0.25, -0.2) is 4.39 Å². The van der Waals surface area contributed by atoms with Gasteiger partial charge in [0.05, 0.1) is 5.52 Å². The number of aryl methyl sites for hydroxylation is 1. The number of benzene rings is 1. The molecule has 4 nitrogen and oxygen atoms in total. The standard InChI is InChI=1S/C13H12FN3O/c1-2-12-15-16-13(18-12)8-17-6-5-9-3-4-10(14)7-11(9)17/h3-7H,2,8H2,1H3. The van der Waals surface area contributed by atoms with Crippen LogP contribution in [0.1, 0.15) is 18.7 Å². The van der Waals surface area contributed by atoms with E-state index < -0.39 is 0 Å². The maximum absolute atomic E-state index is 13.2. The summed E-state index contributed by atoms with van der Waals surface area (Å²) in [4.78, 5) is 0. The summed E-state index contributed by atoms with van der Waals surface area (Å²) in [5, 5.41) is 8.86. The fourth-order valence-corrected chi connectivity index (χ4v) is 1.94. The number of hydrogen-bond donors (Lipinski definition) is 0. The summed E-state index contributed by atoms with van der Waals surface area (Å²) in [6.07, 6.45) is 2.61. The van der Waals surface area contributed by atoms with Gasteiger partial charge in [0, 0.05) is 12.6 Å². The van der Waals surface area contributed by atoms with E-state index in [9.17, 15) is 4.39 Å². The average Bonchev–Trinajstić information content (AvgIpc) is 2.97. The highest BCUT2D eigenvalue weighted by Crippen LogP contribution is 2.18. The molecule has 18 heavy (non-hydrogen) atoms. The van der Waals surface area contributed by atoms with Crippen molar-refractivity contribution in [1.82, 2.24) is 14.8 Å². The number of aromatic nitrogens is 3. The smallest absolute Gasteiger partial charge is 0.236 e. The van der Waals surface area contributed by atoms with E-state index in [4.69, 9.17) is 4.42 Å². The summed E-state index contributed by atoms with van der Waals surface area (Å²) in [6.45, 7) is 2.41. The van der Waals surface area contributed by atoms with Gasteiger partial charge in [0.1, 0.15) is 12.4 Å². The lowest BCUT2D eigenvalue weighted by molar-refractivity contribution is 0.444. The highest BCUT2D eigenvalue weighted by molar-refractivity contribution is 5.80. The number of halogens is 1. The molecule has 0 saturated heterocycles. The van der Waals surface area contributed by atoms with Crippen LogP contribution in [0.15, 0.2) is 34.9 Å². The second kappa shape index (κ2) is 4.25. The van der Waals surface area contributed by atoms with Crippen LogP contribution in [0.3, 0.4) is 0 Å². The largest absolute Gasteiger partial charge is 0.423 e. The van der Waals surface area contributed by atoms with E-state index >= 15 is 0 Å². The molecule has 2 heterocycles. The van der Waals surface area contributed by atoms with Gasteiger partial charge in [0.2, 0.25) is 11.8 Å². The van der Waals surface area contributed by atoms with Crippen LogP contribution in [-0.4, -0.2) is 14.8 Å². The van der Waals surface area contributed by atoms with Crippen LogP contribution in [-0.2, 0) is 13.0 Å². The first-order valence-electron chi connectivity index (χ1n) is 5.82. The van der Waals surface area contributed by atoms with E-state index in [-0.39, 0.29) is 5.82 Å². The highest BCUT2D eigenvalue weighted by Gasteiger charge is 2.08. The molecule has 92 valence electrons. The Labute approximate surface area is 103 Å². The molecule has 0 spiro atoms. The van der Waals surface area contributed by atoms with Gasteiger partial charge in [0.15, 0.2) is 0 Å². The highest BCUT2D eigenvalue weighted by atomic mass is 19.1. The third kappa shape index (κ3) is 1.88. The van der Waals surface area contributed by atoms with Gasteiger partial charge >= 0.3 is 0 Å². The monoisotopic (exact) mass is 245 g/mol. The van der Waals surface area contributed by atoms with Crippen molar-refractivity contribution < 1.29 is 8.81 Å². The van der Waals surface area contributed by atoms with E-state index in [1.54, 1.807) is 6.07 Å². The second-order valence-electron chi connectivity index (χ2n) is 4.09. The molecule has 0 N–H and O–H groups in total. The Bertz CT molecular complexity index is 686. The number of hydrogen-bond acceptors (Lipinski definition) is 3. The van der Waals surface area contributed by atoms with Gasteiger partial charge in [0.25, 0.3) is 0 Å². The average molecular weight is 245 g/mol. The van der Waals surface area contributed by atoms with Gasteiger partial charge < -0.3 is 8.98 Å². The van der Waals surface area contributed by atoms with Gasteiger partial charge in [-0.15, -0.1) is 10.2 Å². The minimum Gasteiger partial charge on any atom is -0.423 e. The Kier molecular flexibility index (Phi) is 2.59. The van der Waals surface area contributed by atoms with Gasteiger partial charge in [-0.2, -0.15) is 0 Å². The molecule has 0 amide bonds. The van der Waals surface area contributed by atoms with Crippen molar-refractivity contribution in [2.75, 3.05) is 0 Å². The van der Waals surface area contributed by atoms with Crippen LogP contribution < -0.4 is 0 Å². The lowest BCUT2D eigenvalue weighted by atomic mass is 10.2. The summed E-state index contributed by atoms with van der Waals surface area (Å²) in [5.41, 5.74) is 0.825. The molecule has 5 heteroatoms. The lowest BCUT2D eigenvalue weighted by Gasteiger charge is -2.01. The van der Waals surface area contributed by atoms with Crippen molar-refractivity contribution in [3.63, 3.8) is 0 Å². The molecular formula is C13H12FN3O. The Morgan fingerprint density at radius 1 is 1.22 bits per heavy atom. The van der Waals surface area contributed by atoms with E-state index in [0.717, 1.165) is 10.9 Å². The zero-order valence-corrected chi connectivity index (χ0v) is 9.93. The number of rotatable bonds is 3. The van der Waals surface area contributed by atoms with Gasteiger partial charge in [-0.3, -0.25) is 0 Å². The summed E-state index contributed by atoms with van der Waals surface area (Å²) in [5.74, 6) is 0.906. The van der Waals surface area contributed by atoms with Crippen molar-refractivity contribution in [1.29, 1.82) is 0 Å². The third-order valence-electron chi connectivity index (χ3n) is 2.85. The maximum atomic E-state index is 13.2. The van der Waals surface area contributed by atoms with Gasteiger partial charge in [-0.05, 0) is 29.7 Å². The predicted octanol–water partition coefficient (Wildman–Crippen LogP) is 2.77. The summed E-state index contributed by atoms with van der Waals surface area (Å²) in [6, 6.07) is 6.65. The molecule has 0 saturated carbocycles. The quantitative estimate of drug-likeness (QED) is 0.712. The van der Waals surface area contributed by atoms with Crippen LogP contribution in [0.2, 0.25) is 0 Å². The van der Waals surface area contributed by atoms with E-state index in [2.05, 4.69) is 10.2 Å². The van der Waals surface area contributed by atoms with Crippen LogP contribution in [0.5, 0.6) is 0 Å². The minimum absolute atomic E-state index is 0.248. The predicted molar refractivity (Wildman–Crippen MR) is 64.7 cm³/mol. The molecule has 2 aromatic heterocycles. The first-order valence-corrected chi connectivity index (χ1v) is 5.82. The molecule has 1 aromatic carbocycles. The SMILES string of the molecule is CCc1nnc(Cn2ccc3ccc(F)cc32)o1. The Morgan fingerprint density at radius 3 is 2.83 bits per heavy atom. The summed E-state index contributed by atoms with van der Waals surface area (Å²) in [7, 11) is 0. The van der Waals surface area contributed by atoms with Crippen molar-refractivity contribution in [3.8, 4) is 0 Å². The van der Waals surface area contributed by atoms with Crippen LogP contribution in [0.25, 0.3) is 10.9 Å². The zero-order chi connectivity index (χ0) is 12.5. The van der Waals surface area contributed by atoms with Crippen LogP contribution in [0.4, 0.5) is 4.39 Å². The normalized spacial score (nSPS) is 11.2. The van der Waals surface area contributed by atoms with Gasteiger partial charge in [-0.1, -0.05) is 6.92 Å². The van der Waals surface area contributed by atoms with Crippen molar-refractivity contribution >= 4 is 10.9 Å². The first kappa shape index (κ1) is 11.0. The fourth-order valence-electron chi connectivity index (χ4n) is 1.94. The molecule has 0 radical (unpaired) electrons. The molecule has 0 aliphatic rings. The van der Waals surface area contributed by atoms with E-state index in [0.29, 0.717) is 24.7 Å². The molecular weight excluding hydrogens is 233 g/mol. The molecule has 3 aromatic rings. The summed E-state index contributed by atoms with van der Waals surface area (Å²) >= 11 is 0. The van der Waals surface area contributed by atoms with Crippen molar-refractivity contribution in [3.05, 3.63) is 48.1 Å². The molecule has 0 bridgehead atoms. The lowest BCUT2D eigenvalue weighted by Crippen LogP contribution is -1.98. The molecule has 0 fully saturated rings. The topological polar surface area (TPSA) is 43.9 Å². The Hall–Kier alpha value is -2.17. The summed E-state index contributed by atoms with van der Waals surface area (Å²) < 4.78 is 20.6. The second-order valence-corrected chi connectivity index (χ2v) is 4.09. The van der Waals surface area contributed by atoms with Crippen LogP contribution >= 0.6 is 0 Å². The molecule has 0 aliphatic carbocycles. The van der Waals surface area contributed by atoms with Crippen molar-refractivity contribution in [2.24, 2.45) is 0 Å². The Balaban J connectivity index is 1.96. The first-order chi connectivity index (χ1) is 8.76. The molecule has 0 atom stereocenters. The fraction of sp³-hybridized carbons (Fsp3) is 0.231. The number of fused-ring (bicyclic) bond motifs is 1.